The van der Waals surface area contributed by atoms with E-state index in [-0.39, 0.29) is 25.1 Å². The average molecular weight is 531 g/mol. The van der Waals surface area contributed by atoms with Crippen LogP contribution in [0.15, 0.2) is 53.6 Å². The summed E-state index contributed by atoms with van der Waals surface area (Å²) in [6.07, 6.45) is -1.40. The number of amides is 2. The van der Waals surface area contributed by atoms with Crippen molar-refractivity contribution in [1.29, 1.82) is 0 Å². The van der Waals surface area contributed by atoms with E-state index in [2.05, 4.69) is 25.6 Å². The second-order valence-electron chi connectivity index (χ2n) is 9.48. The van der Waals surface area contributed by atoms with E-state index in [1.807, 2.05) is 30.3 Å². The number of alkyl halides is 1. The SMILES string of the molecule is CC(F)C1NN=C(c2ccc(CN(C(=O)NCCN3CCN(CCCO)CC3)c3ccccc3)c(F)c2)O1. The van der Waals surface area contributed by atoms with E-state index in [1.54, 1.807) is 12.1 Å². The van der Waals surface area contributed by atoms with Crippen LogP contribution in [0.3, 0.4) is 0 Å². The van der Waals surface area contributed by atoms with Gasteiger partial charge in [0.2, 0.25) is 12.1 Å². The number of urea groups is 1. The van der Waals surface area contributed by atoms with Crippen LogP contribution in [-0.2, 0) is 11.3 Å². The van der Waals surface area contributed by atoms with Gasteiger partial charge in [0.1, 0.15) is 5.82 Å². The monoisotopic (exact) mass is 530 g/mol. The summed E-state index contributed by atoms with van der Waals surface area (Å²) in [5, 5.41) is 15.9. The third kappa shape index (κ3) is 7.40. The first-order chi connectivity index (χ1) is 18.4. The molecule has 0 spiro atoms. The Morgan fingerprint density at radius 3 is 2.53 bits per heavy atom. The Hall–Kier alpha value is -3.28. The van der Waals surface area contributed by atoms with E-state index in [0.29, 0.717) is 23.4 Å². The second kappa shape index (κ2) is 13.5. The first-order valence-electron chi connectivity index (χ1n) is 13.0. The van der Waals surface area contributed by atoms with E-state index in [9.17, 15) is 9.18 Å². The maximum Gasteiger partial charge on any atom is 0.322 e. The minimum Gasteiger partial charge on any atom is -0.448 e. The average Bonchev–Trinajstić information content (AvgIpc) is 3.43. The molecule has 2 amide bonds. The Morgan fingerprint density at radius 2 is 1.89 bits per heavy atom. The van der Waals surface area contributed by atoms with Gasteiger partial charge in [0.25, 0.3) is 0 Å². The topological polar surface area (TPSA) is 92.7 Å². The van der Waals surface area contributed by atoms with E-state index in [4.69, 9.17) is 9.84 Å². The van der Waals surface area contributed by atoms with Gasteiger partial charge in [-0.2, -0.15) is 0 Å². The number of piperazine rings is 1. The van der Waals surface area contributed by atoms with Gasteiger partial charge in [-0.3, -0.25) is 15.2 Å². The maximum absolute atomic E-state index is 15.1. The second-order valence-corrected chi connectivity index (χ2v) is 9.48. The zero-order valence-electron chi connectivity index (χ0n) is 21.7. The Bertz CT molecular complexity index is 1080. The number of benzene rings is 2. The normalized spacial score (nSPS) is 18.8. The summed E-state index contributed by atoms with van der Waals surface area (Å²) in [6.45, 7) is 7.40. The van der Waals surface area contributed by atoms with Crippen molar-refractivity contribution >= 4 is 17.6 Å². The molecule has 38 heavy (non-hydrogen) atoms. The van der Waals surface area contributed by atoms with Crippen molar-refractivity contribution in [2.45, 2.75) is 32.3 Å². The molecule has 2 atom stereocenters. The molecule has 0 saturated carbocycles. The Kier molecular flexibility index (Phi) is 9.85. The summed E-state index contributed by atoms with van der Waals surface area (Å²) in [5.41, 5.74) is 3.92. The number of nitrogens with zero attached hydrogens (tertiary/aromatic N) is 4. The fourth-order valence-electron chi connectivity index (χ4n) is 4.44. The highest BCUT2D eigenvalue weighted by Crippen LogP contribution is 2.21. The van der Waals surface area contributed by atoms with Gasteiger partial charge in [-0.05, 0) is 37.6 Å². The lowest BCUT2D eigenvalue weighted by Gasteiger charge is -2.34. The number of aliphatic hydroxyl groups is 1. The third-order valence-electron chi connectivity index (χ3n) is 6.69. The summed E-state index contributed by atoms with van der Waals surface area (Å²) in [5.74, 6) is -0.393. The molecule has 2 aromatic rings. The molecule has 2 aromatic carbocycles. The number of hydrazone groups is 1. The van der Waals surface area contributed by atoms with Crippen molar-refractivity contribution in [3.05, 3.63) is 65.5 Å². The van der Waals surface area contributed by atoms with E-state index >= 15 is 4.39 Å². The number of carbonyl (C=O) groups is 1. The van der Waals surface area contributed by atoms with Gasteiger partial charge in [0, 0.05) is 69.2 Å². The highest BCUT2D eigenvalue weighted by molar-refractivity contribution is 5.95. The molecule has 206 valence electrons. The zero-order chi connectivity index (χ0) is 26.9. The zero-order valence-corrected chi connectivity index (χ0v) is 21.7. The van der Waals surface area contributed by atoms with Crippen molar-refractivity contribution in [2.24, 2.45) is 5.10 Å². The van der Waals surface area contributed by atoms with E-state index in [1.165, 1.54) is 17.9 Å². The summed E-state index contributed by atoms with van der Waals surface area (Å²) < 4.78 is 34.0. The first kappa shape index (κ1) is 27.7. The smallest absolute Gasteiger partial charge is 0.322 e. The van der Waals surface area contributed by atoms with Crippen LogP contribution in [0.2, 0.25) is 0 Å². The van der Waals surface area contributed by atoms with Gasteiger partial charge in [-0.15, -0.1) is 5.10 Å². The van der Waals surface area contributed by atoms with Crippen LogP contribution in [0.5, 0.6) is 0 Å². The minimum atomic E-state index is -1.28. The molecule has 0 aromatic heterocycles. The number of aliphatic hydroxyl groups excluding tert-OH is 1. The van der Waals surface area contributed by atoms with Crippen molar-refractivity contribution in [3.8, 4) is 0 Å². The van der Waals surface area contributed by atoms with Gasteiger partial charge < -0.3 is 20.1 Å². The highest BCUT2D eigenvalue weighted by atomic mass is 19.1. The largest absolute Gasteiger partial charge is 0.448 e. The van der Waals surface area contributed by atoms with Crippen LogP contribution in [0.4, 0.5) is 19.3 Å². The summed E-state index contributed by atoms with van der Waals surface area (Å²) in [7, 11) is 0. The minimum absolute atomic E-state index is 0.0290. The number of halogens is 2. The molecule has 2 aliphatic rings. The lowest BCUT2D eigenvalue weighted by molar-refractivity contribution is 0.0962. The van der Waals surface area contributed by atoms with Gasteiger partial charge >= 0.3 is 6.03 Å². The van der Waals surface area contributed by atoms with Crippen molar-refractivity contribution < 1.29 is 23.4 Å². The molecular weight excluding hydrogens is 494 g/mol. The number of hydrogen-bond donors (Lipinski definition) is 3. The molecule has 0 aliphatic carbocycles. The maximum atomic E-state index is 15.1. The van der Waals surface area contributed by atoms with Crippen LogP contribution in [0, 0.1) is 5.82 Å². The van der Waals surface area contributed by atoms with Crippen LogP contribution in [0.1, 0.15) is 24.5 Å². The van der Waals surface area contributed by atoms with Gasteiger partial charge in [0.05, 0.1) is 6.54 Å². The number of nitrogens with one attached hydrogen (secondary N) is 2. The Balaban J connectivity index is 1.35. The number of anilines is 1. The number of rotatable bonds is 11. The molecule has 3 N–H and O–H groups in total. The summed E-state index contributed by atoms with van der Waals surface area (Å²) in [6, 6.07) is 13.3. The highest BCUT2D eigenvalue weighted by Gasteiger charge is 2.27. The summed E-state index contributed by atoms with van der Waals surface area (Å²) >= 11 is 0. The third-order valence-corrected chi connectivity index (χ3v) is 6.69. The first-order valence-corrected chi connectivity index (χ1v) is 13.0. The van der Waals surface area contributed by atoms with Gasteiger partial charge in [-0.25, -0.2) is 13.6 Å². The predicted octanol–water partition coefficient (Wildman–Crippen LogP) is 2.51. The van der Waals surface area contributed by atoms with Crippen LogP contribution < -0.4 is 15.6 Å². The summed E-state index contributed by atoms with van der Waals surface area (Å²) in [4.78, 5) is 19.4. The fraction of sp³-hybridized carbons (Fsp3) is 0.481. The number of hydrogen-bond acceptors (Lipinski definition) is 7. The number of carbonyl (C=O) groups excluding carboxylic acids is 1. The van der Waals surface area contributed by atoms with E-state index in [0.717, 1.165) is 45.7 Å². The molecule has 2 aliphatic heterocycles. The van der Waals surface area contributed by atoms with Gasteiger partial charge in [0.15, 0.2) is 6.17 Å². The van der Waals surface area contributed by atoms with Crippen LogP contribution in [0.25, 0.3) is 0 Å². The molecule has 0 bridgehead atoms. The fourth-order valence-corrected chi connectivity index (χ4v) is 4.44. The van der Waals surface area contributed by atoms with E-state index < -0.39 is 18.2 Å². The predicted molar refractivity (Wildman–Crippen MR) is 142 cm³/mol. The van der Waals surface area contributed by atoms with Crippen LogP contribution >= 0.6 is 0 Å². The van der Waals surface area contributed by atoms with Gasteiger partial charge in [-0.1, -0.05) is 24.3 Å². The lowest BCUT2D eigenvalue weighted by atomic mass is 10.1. The standard InChI is InChI=1S/C27H36F2N6O3/c1-20(28)25-31-32-26(38-25)21-8-9-22(24(29)18-21)19-35(23-6-3-2-4-7-23)27(37)30-10-12-34-15-13-33(14-16-34)11-5-17-36/h2-4,6-9,18,20,25,31,36H,5,10-17,19H2,1H3,(H,30,37). The molecule has 4 rings (SSSR count). The molecular formula is C27H36F2N6O3. The van der Waals surface area contributed by atoms with Crippen molar-refractivity contribution in [2.75, 3.05) is 57.3 Å². The molecule has 2 unspecified atom stereocenters. The Labute approximate surface area is 222 Å². The molecule has 11 heteroatoms. The molecule has 0 radical (unpaired) electrons. The molecule has 1 fully saturated rings. The molecule has 2 heterocycles. The lowest BCUT2D eigenvalue weighted by Crippen LogP contribution is -2.49. The number of para-hydroxylation sites is 1. The molecule has 1 saturated heterocycles. The van der Waals surface area contributed by atoms with Crippen molar-refractivity contribution in [3.63, 3.8) is 0 Å². The quantitative estimate of drug-likeness (QED) is 0.414. The number of ether oxygens (including phenoxy) is 1. The van der Waals surface area contributed by atoms with Crippen molar-refractivity contribution in [1.82, 2.24) is 20.5 Å². The van der Waals surface area contributed by atoms with Crippen LogP contribution in [-0.4, -0.2) is 91.7 Å². The Morgan fingerprint density at radius 1 is 1.18 bits per heavy atom. The molecule has 9 nitrogen and oxygen atoms in total.